The molecular formula is C13H15BrF3NOS. The molecule has 0 saturated carbocycles. The van der Waals surface area contributed by atoms with E-state index in [1.54, 1.807) is 27.7 Å². The van der Waals surface area contributed by atoms with Crippen molar-refractivity contribution in [2.75, 3.05) is 0 Å². The molecule has 1 rings (SSSR count). The fourth-order valence-corrected chi connectivity index (χ4v) is 2.74. The first-order valence-corrected chi connectivity index (χ1v) is 7.68. The molecule has 0 spiro atoms. The van der Waals surface area contributed by atoms with Crippen molar-refractivity contribution in [1.29, 1.82) is 0 Å². The molecule has 1 aromatic carbocycles. The van der Waals surface area contributed by atoms with Gasteiger partial charge in [-0.2, -0.15) is 13.2 Å². The molecule has 7 heteroatoms. The maximum absolute atomic E-state index is 12.8. The highest BCUT2D eigenvalue weighted by Gasteiger charge is 2.34. The van der Waals surface area contributed by atoms with Crippen LogP contribution in [0.25, 0.3) is 0 Å². The van der Waals surface area contributed by atoms with Crippen LogP contribution in [0.1, 0.15) is 38.8 Å². The first-order valence-electron chi connectivity index (χ1n) is 5.78. The average molecular weight is 370 g/mol. The molecule has 0 aliphatic heterocycles. The van der Waals surface area contributed by atoms with Gasteiger partial charge in [0.05, 0.1) is 11.3 Å². The molecule has 0 heterocycles. The topological polar surface area (TPSA) is 35.4 Å². The van der Waals surface area contributed by atoms with E-state index >= 15 is 0 Å². The summed E-state index contributed by atoms with van der Waals surface area (Å²) in [5, 5.41) is 0. The summed E-state index contributed by atoms with van der Waals surface area (Å²) in [6.45, 7) is 6.80. The van der Waals surface area contributed by atoms with Crippen LogP contribution in [-0.4, -0.2) is 15.0 Å². The summed E-state index contributed by atoms with van der Waals surface area (Å²) in [6, 6.07) is 3.81. The van der Waals surface area contributed by atoms with E-state index in [0.29, 0.717) is 5.71 Å². The van der Waals surface area contributed by atoms with E-state index < -0.39 is 27.8 Å². The summed E-state index contributed by atoms with van der Waals surface area (Å²) in [4.78, 5) is 0. The Morgan fingerprint density at radius 2 is 1.80 bits per heavy atom. The van der Waals surface area contributed by atoms with Crippen LogP contribution in [0.3, 0.4) is 0 Å². The van der Waals surface area contributed by atoms with Crippen molar-refractivity contribution < 1.29 is 17.7 Å². The Hall–Kier alpha value is -0.530. The van der Waals surface area contributed by atoms with Gasteiger partial charge in [0.1, 0.15) is 16.1 Å². The van der Waals surface area contributed by atoms with Crippen molar-refractivity contribution in [2.24, 2.45) is 4.40 Å². The van der Waals surface area contributed by atoms with Crippen LogP contribution in [0.15, 0.2) is 27.1 Å². The van der Waals surface area contributed by atoms with Gasteiger partial charge in [0, 0.05) is 10.0 Å². The van der Waals surface area contributed by atoms with Gasteiger partial charge in [-0.25, -0.2) is 0 Å². The van der Waals surface area contributed by atoms with Crippen LogP contribution >= 0.6 is 15.9 Å². The molecule has 0 fully saturated rings. The number of nitrogens with zero attached hydrogens (tertiary/aromatic N) is 1. The lowest BCUT2D eigenvalue weighted by Crippen LogP contribution is -2.26. The number of hydrogen-bond donors (Lipinski definition) is 0. The van der Waals surface area contributed by atoms with Crippen molar-refractivity contribution in [3.8, 4) is 0 Å². The van der Waals surface area contributed by atoms with Gasteiger partial charge in [-0.15, -0.1) is 0 Å². The molecule has 0 radical (unpaired) electrons. The zero-order valence-electron chi connectivity index (χ0n) is 11.5. The van der Waals surface area contributed by atoms with Gasteiger partial charge in [-0.05, 0) is 49.7 Å². The Bertz CT molecular complexity index is 523. The Morgan fingerprint density at radius 3 is 2.25 bits per heavy atom. The number of rotatable bonds is 2. The van der Waals surface area contributed by atoms with Gasteiger partial charge < -0.3 is 4.55 Å². The maximum atomic E-state index is 12.8. The molecule has 0 aliphatic rings. The smallest absolute Gasteiger partial charge is 0.417 e. The molecule has 20 heavy (non-hydrogen) atoms. The molecule has 0 N–H and O–H groups in total. The Morgan fingerprint density at radius 1 is 1.25 bits per heavy atom. The average Bonchev–Trinajstić information content (AvgIpc) is 2.26. The predicted octanol–water partition coefficient (Wildman–Crippen LogP) is 4.74. The summed E-state index contributed by atoms with van der Waals surface area (Å²) >= 11 is 1.44. The van der Waals surface area contributed by atoms with Gasteiger partial charge in [0.25, 0.3) is 0 Å². The minimum absolute atomic E-state index is 0.0836. The highest BCUT2D eigenvalue weighted by molar-refractivity contribution is 9.10. The SMILES string of the molecule is CC(=N[S+]([O-])C(C)(C)C)c1cccc(C(F)(F)F)c1Br. The Balaban J connectivity index is 3.25. The quantitative estimate of drug-likeness (QED) is 0.547. The minimum atomic E-state index is -4.45. The van der Waals surface area contributed by atoms with E-state index in [1.807, 2.05) is 0 Å². The lowest BCUT2D eigenvalue weighted by Gasteiger charge is -2.19. The summed E-state index contributed by atoms with van der Waals surface area (Å²) < 4.78 is 53.7. The first-order chi connectivity index (χ1) is 8.94. The molecule has 1 unspecified atom stereocenters. The fourth-order valence-electron chi connectivity index (χ4n) is 1.34. The first kappa shape index (κ1) is 17.5. The highest BCUT2D eigenvalue weighted by Crippen LogP contribution is 2.36. The van der Waals surface area contributed by atoms with Gasteiger partial charge in [-0.1, -0.05) is 16.5 Å². The second kappa shape index (κ2) is 6.07. The standard InChI is InChI=1S/C13H15BrF3NOS/c1-8(18-20(19)12(2,3)4)9-6-5-7-10(11(9)14)13(15,16)17/h5-7H,1-4H3. The van der Waals surface area contributed by atoms with Crippen LogP contribution in [0.5, 0.6) is 0 Å². The second-order valence-corrected chi connectivity index (χ2v) is 7.90. The van der Waals surface area contributed by atoms with Gasteiger partial charge >= 0.3 is 6.18 Å². The number of alkyl halides is 3. The molecule has 1 atom stereocenters. The third kappa shape index (κ3) is 4.23. The zero-order valence-corrected chi connectivity index (χ0v) is 13.9. The summed E-state index contributed by atoms with van der Waals surface area (Å²) in [5.74, 6) is 0. The minimum Gasteiger partial charge on any atom is -0.591 e. The number of benzene rings is 1. The van der Waals surface area contributed by atoms with Crippen molar-refractivity contribution in [2.45, 2.75) is 38.6 Å². The molecule has 0 bridgehead atoms. The van der Waals surface area contributed by atoms with Gasteiger partial charge in [-0.3, -0.25) is 0 Å². The normalized spacial score (nSPS) is 15.3. The lowest BCUT2D eigenvalue weighted by molar-refractivity contribution is -0.138. The highest BCUT2D eigenvalue weighted by atomic mass is 79.9. The summed E-state index contributed by atoms with van der Waals surface area (Å²) in [5.41, 5.74) is -0.181. The molecule has 0 aliphatic carbocycles. The van der Waals surface area contributed by atoms with Crippen molar-refractivity contribution in [3.05, 3.63) is 33.8 Å². The fraction of sp³-hybridized carbons (Fsp3) is 0.462. The van der Waals surface area contributed by atoms with Crippen LogP contribution in [0.4, 0.5) is 13.2 Å². The van der Waals surface area contributed by atoms with Crippen LogP contribution in [0.2, 0.25) is 0 Å². The van der Waals surface area contributed by atoms with Gasteiger partial charge in [0.15, 0.2) is 0 Å². The largest absolute Gasteiger partial charge is 0.591 e. The Labute approximate surface area is 127 Å². The monoisotopic (exact) mass is 369 g/mol. The van der Waals surface area contributed by atoms with E-state index in [1.165, 1.54) is 12.1 Å². The molecule has 2 nitrogen and oxygen atoms in total. The predicted molar refractivity (Wildman–Crippen MR) is 79.3 cm³/mol. The lowest BCUT2D eigenvalue weighted by atomic mass is 10.1. The van der Waals surface area contributed by atoms with Gasteiger partial charge in [0.2, 0.25) is 0 Å². The Kier molecular flexibility index (Phi) is 5.32. The van der Waals surface area contributed by atoms with Crippen molar-refractivity contribution in [1.82, 2.24) is 0 Å². The zero-order chi connectivity index (χ0) is 15.7. The van der Waals surface area contributed by atoms with Crippen LogP contribution in [0, 0.1) is 0 Å². The number of hydrogen-bond acceptors (Lipinski definition) is 2. The second-order valence-electron chi connectivity index (χ2n) is 5.20. The third-order valence-corrected chi connectivity index (χ3v) is 4.78. The molecule has 0 saturated heterocycles. The van der Waals surface area contributed by atoms with E-state index in [4.69, 9.17) is 0 Å². The van der Waals surface area contributed by atoms with E-state index in [-0.39, 0.29) is 10.0 Å². The molecule has 1 aromatic rings. The molecule has 112 valence electrons. The molecule has 0 aromatic heterocycles. The van der Waals surface area contributed by atoms with Crippen molar-refractivity contribution >= 4 is 33.0 Å². The summed E-state index contributed by atoms with van der Waals surface area (Å²) in [6.07, 6.45) is -4.45. The van der Waals surface area contributed by atoms with Crippen molar-refractivity contribution in [3.63, 3.8) is 0 Å². The maximum Gasteiger partial charge on any atom is 0.417 e. The van der Waals surface area contributed by atoms with Crippen LogP contribution in [-0.2, 0) is 17.5 Å². The number of halogens is 4. The third-order valence-electron chi connectivity index (χ3n) is 2.44. The molecular weight excluding hydrogens is 355 g/mol. The summed E-state index contributed by atoms with van der Waals surface area (Å²) in [7, 11) is 0. The van der Waals surface area contributed by atoms with E-state index in [2.05, 4.69) is 20.3 Å². The molecule has 0 amide bonds. The van der Waals surface area contributed by atoms with E-state index in [9.17, 15) is 17.7 Å². The van der Waals surface area contributed by atoms with E-state index in [0.717, 1.165) is 6.07 Å². The van der Waals surface area contributed by atoms with Crippen LogP contribution < -0.4 is 0 Å².